The molecule has 1 fully saturated rings. The molecule has 2 aliphatic carbocycles. The Bertz CT molecular complexity index is 658. The Morgan fingerprint density at radius 1 is 1.26 bits per heavy atom. The van der Waals surface area contributed by atoms with Crippen LogP contribution in [0.25, 0.3) is 6.08 Å². The van der Waals surface area contributed by atoms with Crippen LogP contribution in [-0.2, 0) is 14.9 Å². The van der Waals surface area contributed by atoms with Crippen LogP contribution in [0.3, 0.4) is 0 Å². The van der Waals surface area contributed by atoms with E-state index < -0.39 is 5.41 Å². The highest BCUT2D eigenvalue weighted by atomic mass is 16.5. The molecule has 0 amide bonds. The third kappa shape index (κ3) is 2.34. The highest BCUT2D eigenvalue weighted by Gasteiger charge is 2.54. The van der Waals surface area contributed by atoms with Crippen molar-refractivity contribution >= 4 is 12.0 Å². The molecule has 0 spiro atoms. The van der Waals surface area contributed by atoms with Crippen LogP contribution in [0.4, 0.5) is 0 Å². The van der Waals surface area contributed by atoms with Crippen LogP contribution in [0.15, 0.2) is 24.3 Å². The molecule has 2 nitrogen and oxygen atoms in total. The van der Waals surface area contributed by atoms with Crippen molar-refractivity contribution in [2.24, 2.45) is 11.3 Å². The van der Waals surface area contributed by atoms with Gasteiger partial charge in [-0.2, -0.15) is 0 Å². The number of allylic oxidation sites excluding steroid dienone is 1. The van der Waals surface area contributed by atoms with E-state index in [0.717, 1.165) is 19.3 Å². The van der Waals surface area contributed by atoms with Crippen LogP contribution in [0.5, 0.6) is 0 Å². The molecule has 1 aromatic rings. The number of ether oxygens (including phenoxy) is 1. The quantitative estimate of drug-likeness (QED) is 0.712. The molecule has 0 heterocycles. The number of benzene rings is 1. The lowest BCUT2D eigenvalue weighted by Gasteiger charge is -2.51. The highest BCUT2D eigenvalue weighted by molar-refractivity contribution is 5.79. The van der Waals surface area contributed by atoms with Crippen molar-refractivity contribution in [3.8, 4) is 0 Å². The number of carbonyl (C=O) groups excluding carboxylic acids is 1. The summed E-state index contributed by atoms with van der Waals surface area (Å²) in [7, 11) is 1.51. The molecule has 3 atom stereocenters. The third-order valence-electron chi connectivity index (χ3n) is 6.24. The molecule has 0 radical (unpaired) electrons. The maximum Gasteiger partial charge on any atom is 0.312 e. The topological polar surface area (TPSA) is 26.3 Å². The van der Waals surface area contributed by atoms with Gasteiger partial charge in [-0.25, -0.2) is 0 Å². The summed E-state index contributed by atoms with van der Waals surface area (Å²) in [6, 6.07) is 6.88. The van der Waals surface area contributed by atoms with Crippen LogP contribution in [-0.4, -0.2) is 13.1 Å². The van der Waals surface area contributed by atoms with Crippen LogP contribution in [0.2, 0.25) is 0 Å². The molecule has 0 bridgehead atoms. The summed E-state index contributed by atoms with van der Waals surface area (Å²) < 4.78 is 5.15. The van der Waals surface area contributed by atoms with E-state index in [9.17, 15) is 4.79 Å². The molecule has 124 valence electrons. The number of esters is 1. The Hall–Kier alpha value is -1.57. The SMILES string of the molecule is COC(=O)C1(C)CCCC2(C)c3ccc(C(C)C)cc3C=CC12. The van der Waals surface area contributed by atoms with Gasteiger partial charge in [-0.1, -0.05) is 57.5 Å². The molecule has 2 heteroatoms. The van der Waals surface area contributed by atoms with E-state index in [-0.39, 0.29) is 17.3 Å². The van der Waals surface area contributed by atoms with E-state index in [2.05, 4.69) is 58.0 Å². The fraction of sp³-hybridized carbons (Fsp3) is 0.571. The second-order valence-corrected chi connectivity index (χ2v) is 8.02. The Labute approximate surface area is 139 Å². The van der Waals surface area contributed by atoms with Crippen molar-refractivity contribution in [3.05, 3.63) is 41.0 Å². The predicted molar refractivity (Wildman–Crippen MR) is 94.4 cm³/mol. The van der Waals surface area contributed by atoms with Gasteiger partial charge in [-0.05, 0) is 42.4 Å². The zero-order chi connectivity index (χ0) is 16.8. The lowest BCUT2D eigenvalue weighted by molar-refractivity contribution is -0.158. The highest BCUT2D eigenvalue weighted by Crippen LogP contribution is 2.56. The fourth-order valence-corrected chi connectivity index (χ4v) is 4.82. The van der Waals surface area contributed by atoms with E-state index in [0.29, 0.717) is 5.92 Å². The van der Waals surface area contributed by atoms with Gasteiger partial charge in [0.25, 0.3) is 0 Å². The maximum absolute atomic E-state index is 12.5. The average molecular weight is 312 g/mol. The molecular weight excluding hydrogens is 284 g/mol. The molecule has 0 N–H and O–H groups in total. The van der Waals surface area contributed by atoms with E-state index in [4.69, 9.17) is 4.74 Å². The summed E-state index contributed by atoms with van der Waals surface area (Å²) in [6.07, 6.45) is 7.59. The van der Waals surface area contributed by atoms with Crippen molar-refractivity contribution in [1.82, 2.24) is 0 Å². The molecule has 0 saturated heterocycles. The van der Waals surface area contributed by atoms with Crippen molar-refractivity contribution in [3.63, 3.8) is 0 Å². The summed E-state index contributed by atoms with van der Waals surface area (Å²) in [5, 5.41) is 0. The zero-order valence-corrected chi connectivity index (χ0v) is 15.0. The first-order valence-electron chi connectivity index (χ1n) is 8.74. The van der Waals surface area contributed by atoms with Gasteiger partial charge in [-0.3, -0.25) is 4.79 Å². The first-order valence-corrected chi connectivity index (χ1v) is 8.74. The van der Waals surface area contributed by atoms with Crippen molar-refractivity contribution in [1.29, 1.82) is 0 Å². The van der Waals surface area contributed by atoms with Gasteiger partial charge in [0, 0.05) is 11.3 Å². The lowest BCUT2D eigenvalue weighted by atomic mass is 9.51. The predicted octanol–water partition coefficient (Wildman–Crippen LogP) is 5.07. The van der Waals surface area contributed by atoms with Crippen molar-refractivity contribution in [2.45, 2.75) is 58.3 Å². The largest absolute Gasteiger partial charge is 0.469 e. The van der Waals surface area contributed by atoms with Crippen LogP contribution in [0, 0.1) is 11.3 Å². The third-order valence-corrected chi connectivity index (χ3v) is 6.24. The van der Waals surface area contributed by atoms with Crippen molar-refractivity contribution < 1.29 is 9.53 Å². The summed E-state index contributed by atoms with van der Waals surface area (Å²) in [6.45, 7) is 8.87. The van der Waals surface area contributed by atoms with Gasteiger partial charge in [0.2, 0.25) is 0 Å². The van der Waals surface area contributed by atoms with E-state index in [1.54, 1.807) is 0 Å². The summed E-state index contributed by atoms with van der Waals surface area (Å²) in [5.41, 5.74) is 3.68. The standard InChI is InChI=1S/C21H28O2/c1-14(2)15-7-9-17-16(13-15)8-10-18-20(17,3)11-6-12-21(18,4)19(22)23-5/h7-10,13-14,18H,6,11-12H2,1-5H3. The Kier molecular flexibility index (Phi) is 3.90. The molecule has 3 rings (SSSR count). The minimum atomic E-state index is -0.424. The number of fused-ring (bicyclic) bond motifs is 3. The maximum atomic E-state index is 12.5. The summed E-state index contributed by atoms with van der Waals surface area (Å²) in [5.74, 6) is 0.667. The van der Waals surface area contributed by atoms with Gasteiger partial charge >= 0.3 is 5.97 Å². The summed E-state index contributed by atoms with van der Waals surface area (Å²) >= 11 is 0. The zero-order valence-electron chi connectivity index (χ0n) is 15.0. The molecule has 1 saturated carbocycles. The smallest absolute Gasteiger partial charge is 0.312 e. The number of hydrogen-bond donors (Lipinski definition) is 0. The van der Waals surface area contributed by atoms with Gasteiger partial charge in [0.15, 0.2) is 0 Å². The second kappa shape index (κ2) is 5.51. The van der Waals surface area contributed by atoms with Crippen LogP contribution < -0.4 is 0 Å². The van der Waals surface area contributed by atoms with E-state index in [1.807, 2.05) is 0 Å². The van der Waals surface area contributed by atoms with Crippen molar-refractivity contribution in [2.75, 3.05) is 7.11 Å². The van der Waals surface area contributed by atoms with Gasteiger partial charge in [0.1, 0.15) is 0 Å². The first-order chi connectivity index (χ1) is 10.8. The molecule has 23 heavy (non-hydrogen) atoms. The minimum absolute atomic E-state index is 0.0147. The van der Waals surface area contributed by atoms with Crippen LogP contribution >= 0.6 is 0 Å². The molecular formula is C21H28O2. The van der Waals surface area contributed by atoms with Crippen LogP contribution in [0.1, 0.15) is 69.6 Å². The second-order valence-electron chi connectivity index (χ2n) is 8.02. The van der Waals surface area contributed by atoms with E-state index >= 15 is 0 Å². The lowest BCUT2D eigenvalue weighted by Crippen LogP contribution is -2.50. The molecule has 3 unspecified atom stereocenters. The Morgan fingerprint density at radius 2 is 2.00 bits per heavy atom. The average Bonchev–Trinajstić information content (AvgIpc) is 2.53. The number of carbonyl (C=O) groups is 1. The Morgan fingerprint density at radius 3 is 2.65 bits per heavy atom. The number of rotatable bonds is 2. The molecule has 0 aromatic heterocycles. The summed E-state index contributed by atoms with van der Waals surface area (Å²) in [4.78, 5) is 12.5. The fourth-order valence-electron chi connectivity index (χ4n) is 4.82. The molecule has 0 aliphatic heterocycles. The van der Waals surface area contributed by atoms with Gasteiger partial charge in [-0.15, -0.1) is 0 Å². The van der Waals surface area contributed by atoms with E-state index in [1.165, 1.54) is 23.8 Å². The monoisotopic (exact) mass is 312 g/mol. The normalized spacial score (nSPS) is 32.3. The van der Waals surface area contributed by atoms with Gasteiger partial charge in [0.05, 0.1) is 12.5 Å². The Balaban J connectivity index is 2.10. The number of methoxy groups -OCH3 is 1. The number of hydrogen-bond acceptors (Lipinski definition) is 2. The first kappa shape index (κ1) is 16.3. The molecule has 1 aromatic carbocycles. The molecule has 2 aliphatic rings. The van der Waals surface area contributed by atoms with Gasteiger partial charge < -0.3 is 4.74 Å². The minimum Gasteiger partial charge on any atom is -0.469 e.